The number of nitrogens with zero attached hydrogens (tertiary/aromatic N) is 1. The van der Waals surface area contributed by atoms with Crippen LogP contribution in [0, 0.1) is 6.92 Å². The summed E-state index contributed by atoms with van der Waals surface area (Å²) in [5.74, 6) is -0.311. The molecule has 0 aromatic heterocycles. The predicted octanol–water partition coefficient (Wildman–Crippen LogP) is 3.43. The molecule has 0 spiro atoms. The maximum absolute atomic E-state index is 11.9. The average Bonchev–Trinajstić information content (AvgIpc) is 2.72. The third-order valence-electron chi connectivity index (χ3n) is 3.21. The van der Waals surface area contributed by atoms with Crippen molar-refractivity contribution in [3.05, 3.63) is 59.7 Å². The number of fused-ring (bicyclic) bond motifs is 1. The number of benzene rings is 2. The number of para-hydroxylation sites is 1. The highest BCUT2D eigenvalue weighted by Gasteiger charge is 2.28. The second-order valence-corrected chi connectivity index (χ2v) is 4.67. The smallest absolute Gasteiger partial charge is 0.237 e. The van der Waals surface area contributed by atoms with Crippen LogP contribution in [0.3, 0.4) is 0 Å². The van der Waals surface area contributed by atoms with Crippen molar-refractivity contribution in [2.24, 2.45) is 4.99 Å². The first-order chi connectivity index (χ1) is 9.24. The first kappa shape index (κ1) is 11.7. The minimum atomic E-state index is -0.295. The van der Waals surface area contributed by atoms with Crippen LogP contribution in [0.5, 0.6) is 0 Å². The number of hydrogen-bond acceptors (Lipinski definition) is 2. The first-order valence-corrected chi connectivity index (χ1v) is 6.25. The lowest BCUT2D eigenvalue weighted by Gasteiger charge is -2.01. The number of amides is 1. The summed E-state index contributed by atoms with van der Waals surface area (Å²) in [4.78, 5) is 16.3. The fraction of sp³-hybridized carbons (Fsp3) is 0.125. The van der Waals surface area contributed by atoms with E-state index >= 15 is 0 Å². The van der Waals surface area contributed by atoms with E-state index in [1.807, 2.05) is 55.5 Å². The van der Waals surface area contributed by atoms with Gasteiger partial charge in [0.05, 0.1) is 5.69 Å². The monoisotopic (exact) mass is 250 g/mol. The quantitative estimate of drug-likeness (QED) is 0.815. The first-order valence-electron chi connectivity index (χ1n) is 6.25. The van der Waals surface area contributed by atoms with E-state index in [9.17, 15) is 4.79 Å². The molecule has 3 rings (SSSR count). The molecule has 1 aliphatic heterocycles. The molecule has 1 atom stereocenters. The van der Waals surface area contributed by atoms with E-state index in [2.05, 4.69) is 10.3 Å². The molecule has 1 amide bonds. The maximum atomic E-state index is 11.9. The van der Waals surface area contributed by atoms with Gasteiger partial charge in [-0.15, -0.1) is 0 Å². The highest BCUT2D eigenvalue weighted by atomic mass is 16.2. The standard InChI is InChI=1S/C16H14N2O/c1-11-5-4-6-12(9-11)17-10-14-13-7-2-3-8-15(13)18-16(14)19/h2-10,14H,1H3,(H,18,19). The van der Waals surface area contributed by atoms with Crippen LogP contribution in [0.1, 0.15) is 17.0 Å². The van der Waals surface area contributed by atoms with Crippen molar-refractivity contribution < 1.29 is 4.79 Å². The Morgan fingerprint density at radius 1 is 1.16 bits per heavy atom. The molecule has 0 saturated heterocycles. The number of anilines is 1. The van der Waals surface area contributed by atoms with E-state index in [1.165, 1.54) is 0 Å². The van der Waals surface area contributed by atoms with E-state index in [-0.39, 0.29) is 11.8 Å². The Balaban J connectivity index is 1.90. The molecular formula is C16H14N2O. The van der Waals surface area contributed by atoms with Crippen LogP contribution in [-0.4, -0.2) is 12.1 Å². The van der Waals surface area contributed by atoms with Gasteiger partial charge in [-0.1, -0.05) is 30.3 Å². The van der Waals surface area contributed by atoms with E-state index in [1.54, 1.807) is 6.21 Å². The highest BCUT2D eigenvalue weighted by Crippen LogP contribution is 2.31. The molecule has 0 aliphatic carbocycles. The lowest BCUT2D eigenvalue weighted by atomic mass is 10.0. The van der Waals surface area contributed by atoms with Gasteiger partial charge in [-0.05, 0) is 36.2 Å². The van der Waals surface area contributed by atoms with Crippen LogP contribution >= 0.6 is 0 Å². The van der Waals surface area contributed by atoms with Crippen LogP contribution in [0.15, 0.2) is 53.5 Å². The van der Waals surface area contributed by atoms with Gasteiger partial charge in [-0.2, -0.15) is 0 Å². The van der Waals surface area contributed by atoms with E-state index < -0.39 is 0 Å². The summed E-state index contributed by atoms with van der Waals surface area (Å²) >= 11 is 0. The second kappa shape index (κ2) is 4.69. The normalized spacial score (nSPS) is 17.5. The zero-order valence-corrected chi connectivity index (χ0v) is 10.6. The van der Waals surface area contributed by atoms with Crippen LogP contribution in [0.2, 0.25) is 0 Å². The summed E-state index contributed by atoms with van der Waals surface area (Å²) in [7, 11) is 0. The van der Waals surface area contributed by atoms with Crippen molar-refractivity contribution in [2.75, 3.05) is 5.32 Å². The highest BCUT2D eigenvalue weighted by molar-refractivity contribution is 6.12. The third kappa shape index (κ3) is 2.27. The third-order valence-corrected chi connectivity index (χ3v) is 3.21. The molecule has 3 heteroatoms. The van der Waals surface area contributed by atoms with Gasteiger partial charge < -0.3 is 5.32 Å². The molecule has 19 heavy (non-hydrogen) atoms. The molecule has 2 aromatic rings. The molecule has 94 valence electrons. The Hall–Kier alpha value is -2.42. The molecule has 1 N–H and O–H groups in total. The molecule has 1 unspecified atom stereocenters. The van der Waals surface area contributed by atoms with Crippen molar-refractivity contribution in [2.45, 2.75) is 12.8 Å². The van der Waals surface area contributed by atoms with Gasteiger partial charge in [0.2, 0.25) is 5.91 Å². The largest absolute Gasteiger partial charge is 0.325 e. The fourth-order valence-corrected chi connectivity index (χ4v) is 2.25. The zero-order valence-electron chi connectivity index (χ0n) is 10.6. The molecule has 1 aliphatic rings. The summed E-state index contributed by atoms with van der Waals surface area (Å²) in [5, 5.41) is 2.86. The Morgan fingerprint density at radius 3 is 2.84 bits per heavy atom. The Labute approximate surface area is 112 Å². The molecule has 2 aromatic carbocycles. The summed E-state index contributed by atoms with van der Waals surface area (Å²) in [6.45, 7) is 2.02. The minimum absolute atomic E-state index is 0.0161. The number of hydrogen-bond donors (Lipinski definition) is 1. The summed E-state index contributed by atoms with van der Waals surface area (Å²) in [6.07, 6.45) is 1.72. The van der Waals surface area contributed by atoms with Gasteiger partial charge in [-0.25, -0.2) is 0 Å². The van der Waals surface area contributed by atoms with Crippen molar-refractivity contribution in [3.8, 4) is 0 Å². The number of nitrogens with one attached hydrogen (secondary N) is 1. The number of rotatable bonds is 2. The molecule has 0 fully saturated rings. The number of aryl methyl sites for hydroxylation is 1. The molecule has 0 saturated carbocycles. The summed E-state index contributed by atoms with van der Waals surface area (Å²) in [6, 6.07) is 15.6. The van der Waals surface area contributed by atoms with Gasteiger partial charge in [0, 0.05) is 11.9 Å². The SMILES string of the molecule is Cc1cccc(N=CC2C(=O)Nc3ccccc32)c1. The van der Waals surface area contributed by atoms with Crippen LogP contribution < -0.4 is 5.32 Å². The summed E-state index contributed by atoms with van der Waals surface area (Å²) in [5.41, 5.74) is 3.90. The predicted molar refractivity (Wildman–Crippen MR) is 77.1 cm³/mol. The van der Waals surface area contributed by atoms with Crippen molar-refractivity contribution in [3.63, 3.8) is 0 Å². The lowest BCUT2D eigenvalue weighted by Crippen LogP contribution is -2.12. The topological polar surface area (TPSA) is 41.5 Å². The van der Waals surface area contributed by atoms with Crippen molar-refractivity contribution >= 4 is 23.5 Å². The van der Waals surface area contributed by atoms with E-state index in [4.69, 9.17) is 0 Å². The molecule has 0 bridgehead atoms. The van der Waals surface area contributed by atoms with Crippen LogP contribution in [0.25, 0.3) is 0 Å². The molecule has 3 nitrogen and oxygen atoms in total. The van der Waals surface area contributed by atoms with Gasteiger partial charge in [0.25, 0.3) is 0 Å². The van der Waals surface area contributed by atoms with Crippen molar-refractivity contribution in [1.29, 1.82) is 0 Å². The lowest BCUT2D eigenvalue weighted by molar-refractivity contribution is -0.115. The van der Waals surface area contributed by atoms with Gasteiger partial charge >= 0.3 is 0 Å². The zero-order chi connectivity index (χ0) is 13.2. The van der Waals surface area contributed by atoms with E-state index in [0.717, 1.165) is 22.5 Å². The van der Waals surface area contributed by atoms with Crippen molar-refractivity contribution in [1.82, 2.24) is 0 Å². The number of aliphatic imine (C=N–C) groups is 1. The van der Waals surface area contributed by atoms with Gasteiger partial charge in [0.1, 0.15) is 5.92 Å². The van der Waals surface area contributed by atoms with Crippen LogP contribution in [-0.2, 0) is 4.79 Å². The molecule has 1 heterocycles. The average molecular weight is 250 g/mol. The Morgan fingerprint density at radius 2 is 2.00 bits per heavy atom. The van der Waals surface area contributed by atoms with Crippen LogP contribution in [0.4, 0.5) is 11.4 Å². The summed E-state index contributed by atoms with van der Waals surface area (Å²) < 4.78 is 0. The van der Waals surface area contributed by atoms with E-state index in [0.29, 0.717) is 0 Å². The number of carbonyl (C=O) groups is 1. The van der Waals surface area contributed by atoms with Gasteiger partial charge in [0.15, 0.2) is 0 Å². The Bertz CT molecular complexity index is 661. The Kier molecular flexibility index (Phi) is 2.88. The molecular weight excluding hydrogens is 236 g/mol. The second-order valence-electron chi connectivity index (χ2n) is 4.67. The minimum Gasteiger partial charge on any atom is -0.325 e. The fourth-order valence-electron chi connectivity index (χ4n) is 2.25. The molecule has 0 radical (unpaired) electrons. The maximum Gasteiger partial charge on any atom is 0.237 e. The van der Waals surface area contributed by atoms with Gasteiger partial charge in [-0.3, -0.25) is 9.79 Å². The number of carbonyl (C=O) groups excluding carboxylic acids is 1.